The molecular weight excluding hydrogens is 482 g/mol. The minimum atomic E-state index is -0.0858. The second kappa shape index (κ2) is 12.3. The molecule has 0 saturated carbocycles. The van der Waals surface area contributed by atoms with Gasteiger partial charge in [0.05, 0.1) is 17.6 Å². The Kier molecular flexibility index (Phi) is 8.88. The van der Waals surface area contributed by atoms with Crippen molar-refractivity contribution in [3.8, 4) is 5.75 Å². The van der Waals surface area contributed by atoms with E-state index in [1.165, 1.54) is 5.56 Å². The Labute approximate surface area is 224 Å². The molecule has 1 heterocycles. The molecule has 0 unspecified atom stereocenters. The summed E-state index contributed by atoms with van der Waals surface area (Å²) in [6.45, 7) is 8.61. The number of ether oxygens (including phenoxy) is 1. The Hall–Kier alpha value is -3.31. The number of para-hydroxylation sites is 2. The van der Waals surface area contributed by atoms with Crippen LogP contribution in [0, 0.1) is 0 Å². The summed E-state index contributed by atoms with van der Waals surface area (Å²) in [6.07, 6.45) is 3.82. The molecule has 1 N–H and O–H groups in total. The predicted octanol–water partition coefficient (Wildman–Crippen LogP) is 7.21. The molecule has 4 rings (SSSR count). The smallest absolute Gasteiger partial charge is 0.251 e. The maximum Gasteiger partial charge on any atom is 0.251 e. The number of hydrogen-bond donors (Lipinski definition) is 1. The fraction of sp³-hybridized carbons (Fsp3) is 0.355. The first-order valence-corrected chi connectivity index (χ1v) is 13.4. The van der Waals surface area contributed by atoms with Crippen molar-refractivity contribution in [1.82, 2.24) is 14.9 Å². The van der Waals surface area contributed by atoms with Crippen LogP contribution in [0.15, 0.2) is 72.8 Å². The Morgan fingerprint density at radius 1 is 0.973 bits per heavy atom. The minimum Gasteiger partial charge on any atom is -0.492 e. The molecule has 0 atom stereocenters. The highest BCUT2D eigenvalue weighted by atomic mass is 35.5. The van der Waals surface area contributed by atoms with Crippen molar-refractivity contribution < 1.29 is 9.53 Å². The Balaban J connectivity index is 1.27. The summed E-state index contributed by atoms with van der Waals surface area (Å²) in [4.78, 5) is 17.2. The summed E-state index contributed by atoms with van der Waals surface area (Å²) in [5.74, 6) is 1.88. The number of amides is 1. The van der Waals surface area contributed by atoms with Gasteiger partial charge in [0.1, 0.15) is 18.2 Å². The number of nitrogens with one attached hydrogen (secondary N) is 1. The molecule has 1 amide bonds. The topological polar surface area (TPSA) is 56.1 Å². The molecule has 1 aromatic heterocycles. The van der Waals surface area contributed by atoms with Gasteiger partial charge in [-0.05, 0) is 66.3 Å². The van der Waals surface area contributed by atoms with Gasteiger partial charge in [0.2, 0.25) is 0 Å². The van der Waals surface area contributed by atoms with E-state index >= 15 is 0 Å². The van der Waals surface area contributed by atoms with Crippen molar-refractivity contribution in [1.29, 1.82) is 0 Å². The third-order valence-electron chi connectivity index (χ3n) is 6.49. The molecule has 0 spiro atoms. The zero-order valence-corrected chi connectivity index (χ0v) is 22.7. The maximum absolute atomic E-state index is 12.3. The van der Waals surface area contributed by atoms with Crippen LogP contribution in [0.4, 0.5) is 0 Å². The van der Waals surface area contributed by atoms with Crippen molar-refractivity contribution in [2.24, 2.45) is 0 Å². The van der Waals surface area contributed by atoms with Gasteiger partial charge in [-0.25, -0.2) is 4.98 Å². The number of halogens is 1. The largest absolute Gasteiger partial charge is 0.492 e. The third-order valence-corrected chi connectivity index (χ3v) is 6.72. The van der Waals surface area contributed by atoms with Crippen LogP contribution in [0.1, 0.15) is 61.8 Å². The summed E-state index contributed by atoms with van der Waals surface area (Å²) in [5, 5.41) is 3.55. The lowest BCUT2D eigenvalue weighted by Crippen LogP contribution is -2.24. The van der Waals surface area contributed by atoms with Crippen molar-refractivity contribution in [2.45, 2.75) is 58.4 Å². The fourth-order valence-electron chi connectivity index (χ4n) is 4.39. The van der Waals surface area contributed by atoms with Crippen LogP contribution in [0.5, 0.6) is 5.75 Å². The molecule has 6 heteroatoms. The van der Waals surface area contributed by atoms with Crippen LogP contribution in [0.3, 0.4) is 0 Å². The number of unbranched alkanes of at least 4 members (excludes halogenated alkanes) is 2. The zero-order chi connectivity index (χ0) is 26.3. The summed E-state index contributed by atoms with van der Waals surface area (Å²) < 4.78 is 8.36. The number of hydrogen-bond acceptors (Lipinski definition) is 3. The van der Waals surface area contributed by atoms with E-state index in [0.29, 0.717) is 23.7 Å². The van der Waals surface area contributed by atoms with Gasteiger partial charge in [-0.2, -0.15) is 0 Å². The van der Waals surface area contributed by atoms with E-state index in [0.717, 1.165) is 54.8 Å². The van der Waals surface area contributed by atoms with Gasteiger partial charge in [-0.3, -0.25) is 4.79 Å². The quantitative estimate of drug-likeness (QED) is 0.214. The van der Waals surface area contributed by atoms with Gasteiger partial charge >= 0.3 is 0 Å². The molecular formula is C31H36ClN3O2. The highest BCUT2D eigenvalue weighted by molar-refractivity contribution is 6.30. The molecule has 0 aliphatic rings. The Morgan fingerprint density at radius 3 is 2.51 bits per heavy atom. The van der Waals surface area contributed by atoms with E-state index in [4.69, 9.17) is 21.3 Å². The van der Waals surface area contributed by atoms with Crippen molar-refractivity contribution in [3.63, 3.8) is 0 Å². The number of nitrogens with zero attached hydrogens (tertiary/aromatic N) is 2. The normalized spacial score (nSPS) is 11.6. The van der Waals surface area contributed by atoms with Crippen LogP contribution < -0.4 is 10.1 Å². The molecule has 5 nitrogen and oxygen atoms in total. The Bertz CT molecular complexity index is 1320. The lowest BCUT2D eigenvalue weighted by atomic mass is 9.87. The fourth-order valence-corrected chi connectivity index (χ4v) is 4.58. The molecule has 0 bridgehead atoms. The summed E-state index contributed by atoms with van der Waals surface area (Å²) in [7, 11) is 0. The van der Waals surface area contributed by atoms with Gasteiger partial charge in [-0.1, -0.05) is 69.1 Å². The number of aromatic nitrogens is 2. The highest BCUT2D eigenvalue weighted by Crippen LogP contribution is 2.24. The molecule has 0 aliphatic carbocycles. The molecule has 3 aromatic carbocycles. The predicted molar refractivity (Wildman–Crippen MR) is 152 cm³/mol. The van der Waals surface area contributed by atoms with E-state index in [1.807, 2.05) is 6.07 Å². The third kappa shape index (κ3) is 7.36. The maximum atomic E-state index is 12.3. The minimum absolute atomic E-state index is 0.0858. The number of imidazole rings is 1. The second-order valence-corrected chi connectivity index (χ2v) is 10.8. The van der Waals surface area contributed by atoms with E-state index in [9.17, 15) is 4.79 Å². The summed E-state index contributed by atoms with van der Waals surface area (Å²) in [5.41, 5.74) is 4.17. The van der Waals surface area contributed by atoms with Gasteiger partial charge < -0.3 is 14.6 Å². The first kappa shape index (κ1) is 26.7. The average Bonchev–Trinajstić information content (AvgIpc) is 3.23. The molecule has 4 aromatic rings. The first-order chi connectivity index (χ1) is 17.8. The van der Waals surface area contributed by atoms with E-state index < -0.39 is 0 Å². The van der Waals surface area contributed by atoms with E-state index in [2.05, 4.69) is 73.1 Å². The van der Waals surface area contributed by atoms with Crippen LogP contribution >= 0.6 is 11.6 Å². The van der Waals surface area contributed by atoms with Crippen molar-refractivity contribution >= 4 is 28.5 Å². The number of benzene rings is 3. The van der Waals surface area contributed by atoms with Gasteiger partial charge in [0.25, 0.3) is 5.91 Å². The molecule has 0 aliphatic heterocycles. The van der Waals surface area contributed by atoms with Gasteiger partial charge in [0.15, 0.2) is 0 Å². The Morgan fingerprint density at radius 2 is 1.76 bits per heavy atom. The number of fused-ring (bicyclic) bond motifs is 1. The van der Waals surface area contributed by atoms with E-state index in [1.54, 1.807) is 24.3 Å². The summed E-state index contributed by atoms with van der Waals surface area (Å²) >= 11 is 5.98. The highest BCUT2D eigenvalue weighted by Gasteiger charge is 2.14. The SMILES string of the molecule is CC(C)(C)c1ccc(OCCn2c(CCCCCNC(=O)c3cccc(Cl)c3)nc3ccccc32)cc1. The van der Waals surface area contributed by atoms with Crippen LogP contribution in [-0.4, -0.2) is 28.6 Å². The van der Waals surface area contributed by atoms with Crippen LogP contribution in [0.2, 0.25) is 5.02 Å². The number of rotatable bonds is 11. The van der Waals surface area contributed by atoms with E-state index in [-0.39, 0.29) is 11.3 Å². The van der Waals surface area contributed by atoms with Gasteiger partial charge in [0, 0.05) is 23.6 Å². The van der Waals surface area contributed by atoms with Crippen LogP contribution in [0.25, 0.3) is 11.0 Å². The molecule has 0 saturated heterocycles. The van der Waals surface area contributed by atoms with Gasteiger partial charge in [-0.15, -0.1) is 0 Å². The number of aryl methyl sites for hydroxylation is 1. The number of carbonyl (C=O) groups is 1. The monoisotopic (exact) mass is 517 g/mol. The average molecular weight is 518 g/mol. The lowest BCUT2D eigenvalue weighted by molar-refractivity contribution is 0.0953. The lowest BCUT2D eigenvalue weighted by Gasteiger charge is -2.19. The molecule has 0 radical (unpaired) electrons. The van der Waals surface area contributed by atoms with Crippen molar-refractivity contribution in [2.75, 3.05) is 13.2 Å². The second-order valence-electron chi connectivity index (χ2n) is 10.4. The first-order valence-electron chi connectivity index (χ1n) is 13.0. The standard InChI is InChI=1S/C31H36ClN3O2/c1-31(2,3)24-15-17-26(18-16-24)37-21-20-35-28-13-7-6-12-27(28)34-29(35)14-5-4-8-19-33-30(36)23-10-9-11-25(32)22-23/h6-7,9-13,15-18,22H,4-5,8,14,19-21H2,1-3H3,(H,33,36). The zero-order valence-electron chi connectivity index (χ0n) is 22.0. The van der Waals surface area contributed by atoms with Crippen LogP contribution in [-0.2, 0) is 18.4 Å². The summed E-state index contributed by atoms with van der Waals surface area (Å²) in [6, 6.07) is 23.7. The molecule has 194 valence electrons. The molecule has 0 fully saturated rings. The van der Waals surface area contributed by atoms with Crippen molar-refractivity contribution in [3.05, 3.63) is 94.8 Å². The molecule has 37 heavy (non-hydrogen) atoms. The number of carbonyl (C=O) groups excluding carboxylic acids is 1.